The SMILES string of the molecule is O=c1c2cccc3cccc(c32)c2nc3cc(F)ccc3n12. The molecule has 2 aromatic heterocycles. The average Bonchev–Trinajstić information content (AvgIpc) is 2.91. The Morgan fingerprint density at radius 1 is 0.955 bits per heavy atom. The van der Waals surface area contributed by atoms with E-state index < -0.39 is 0 Å². The van der Waals surface area contributed by atoms with Gasteiger partial charge in [-0.3, -0.25) is 9.20 Å². The maximum atomic E-state index is 13.5. The number of benzene rings is 3. The standard InChI is InChI=1S/C18H9FN2O/c19-11-7-8-15-14(9-11)20-17-12-5-1-3-10-4-2-6-13(16(10)12)18(22)21(15)17/h1-9H. The number of fused-ring (bicyclic) bond motifs is 4. The maximum Gasteiger partial charge on any atom is 0.264 e. The molecule has 0 amide bonds. The van der Waals surface area contributed by atoms with E-state index in [1.807, 2.05) is 36.4 Å². The Hall–Kier alpha value is -3.01. The van der Waals surface area contributed by atoms with E-state index in [0.717, 1.165) is 16.2 Å². The van der Waals surface area contributed by atoms with Crippen LogP contribution in [0, 0.1) is 5.82 Å². The summed E-state index contributed by atoms with van der Waals surface area (Å²) in [5, 5.41) is 3.49. The number of nitrogens with zero attached hydrogens (tertiary/aromatic N) is 2. The Morgan fingerprint density at radius 2 is 1.73 bits per heavy atom. The summed E-state index contributed by atoms with van der Waals surface area (Å²) >= 11 is 0. The van der Waals surface area contributed by atoms with Crippen molar-refractivity contribution < 1.29 is 4.39 Å². The lowest BCUT2D eigenvalue weighted by Gasteiger charge is -2.06. The van der Waals surface area contributed by atoms with Gasteiger partial charge in [-0.2, -0.15) is 0 Å². The highest BCUT2D eigenvalue weighted by atomic mass is 19.1. The largest absolute Gasteiger partial charge is 0.268 e. The highest BCUT2D eigenvalue weighted by Crippen LogP contribution is 2.29. The van der Waals surface area contributed by atoms with E-state index in [2.05, 4.69) is 4.98 Å². The lowest BCUT2D eigenvalue weighted by atomic mass is 10.0. The molecule has 0 fully saturated rings. The Morgan fingerprint density at radius 3 is 2.55 bits per heavy atom. The van der Waals surface area contributed by atoms with E-state index in [1.165, 1.54) is 12.1 Å². The van der Waals surface area contributed by atoms with Crippen molar-refractivity contribution in [1.29, 1.82) is 0 Å². The van der Waals surface area contributed by atoms with Crippen molar-refractivity contribution in [3.63, 3.8) is 0 Å². The molecule has 0 aliphatic carbocycles. The second-order valence-electron chi connectivity index (χ2n) is 5.42. The zero-order chi connectivity index (χ0) is 14.8. The Labute approximate surface area is 123 Å². The van der Waals surface area contributed by atoms with Gasteiger partial charge in [0.2, 0.25) is 0 Å². The number of hydrogen-bond donors (Lipinski definition) is 0. The van der Waals surface area contributed by atoms with Gasteiger partial charge in [0.1, 0.15) is 11.5 Å². The van der Waals surface area contributed by atoms with E-state index in [4.69, 9.17) is 0 Å². The number of rotatable bonds is 0. The minimum Gasteiger partial charge on any atom is -0.268 e. The second-order valence-corrected chi connectivity index (χ2v) is 5.42. The van der Waals surface area contributed by atoms with Crippen LogP contribution in [0.5, 0.6) is 0 Å². The molecule has 0 saturated heterocycles. The monoisotopic (exact) mass is 288 g/mol. The highest BCUT2D eigenvalue weighted by Gasteiger charge is 2.15. The van der Waals surface area contributed by atoms with E-state index in [0.29, 0.717) is 22.1 Å². The van der Waals surface area contributed by atoms with Crippen molar-refractivity contribution in [2.75, 3.05) is 0 Å². The first-order valence-corrected chi connectivity index (χ1v) is 6.99. The molecule has 0 unspecified atom stereocenters. The fourth-order valence-electron chi connectivity index (χ4n) is 3.27. The van der Waals surface area contributed by atoms with Crippen LogP contribution in [0.4, 0.5) is 4.39 Å². The molecule has 0 saturated carbocycles. The molecule has 0 aliphatic rings. The molecule has 3 aromatic carbocycles. The van der Waals surface area contributed by atoms with Crippen LogP contribution in [0.25, 0.3) is 38.2 Å². The van der Waals surface area contributed by atoms with Crippen LogP contribution in [-0.2, 0) is 0 Å². The lowest BCUT2D eigenvalue weighted by molar-refractivity contribution is 0.629. The van der Waals surface area contributed by atoms with Gasteiger partial charge in [-0.25, -0.2) is 9.37 Å². The topological polar surface area (TPSA) is 34.4 Å². The van der Waals surface area contributed by atoms with Gasteiger partial charge in [0.25, 0.3) is 5.56 Å². The van der Waals surface area contributed by atoms with Crippen molar-refractivity contribution in [2.24, 2.45) is 0 Å². The number of imidazole rings is 1. The molecule has 0 atom stereocenters. The first-order valence-electron chi connectivity index (χ1n) is 6.99. The Kier molecular flexibility index (Phi) is 2.01. The van der Waals surface area contributed by atoms with Crippen LogP contribution < -0.4 is 5.56 Å². The van der Waals surface area contributed by atoms with Crippen molar-refractivity contribution >= 4 is 38.2 Å². The summed E-state index contributed by atoms with van der Waals surface area (Å²) in [5.74, 6) is -0.355. The number of hydrogen-bond acceptors (Lipinski definition) is 2. The zero-order valence-electron chi connectivity index (χ0n) is 11.4. The van der Waals surface area contributed by atoms with Gasteiger partial charge in [0, 0.05) is 22.2 Å². The average molecular weight is 288 g/mol. The van der Waals surface area contributed by atoms with Gasteiger partial charge in [-0.05, 0) is 23.6 Å². The predicted octanol–water partition coefficient (Wildman–Crippen LogP) is 3.73. The van der Waals surface area contributed by atoms with Crippen molar-refractivity contribution in [2.45, 2.75) is 0 Å². The van der Waals surface area contributed by atoms with E-state index in [-0.39, 0.29) is 11.4 Å². The molecule has 4 heteroatoms. The minimum atomic E-state index is -0.355. The third kappa shape index (κ3) is 1.29. The maximum absolute atomic E-state index is 13.5. The third-order valence-electron chi connectivity index (χ3n) is 4.20. The second kappa shape index (κ2) is 3.80. The smallest absolute Gasteiger partial charge is 0.264 e. The fourth-order valence-corrected chi connectivity index (χ4v) is 3.27. The van der Waals surface area contributed by atoms with Crippen molar-refractivity contribution in [1.82, 2.24) is 9.38 Å². The normalized spacial score (nSPS) is 12.0. The van der Waals surface area contributed by atoms with Gasteiger partial charge >= 0.3 is 0 Å². The molecule has 3 nitrogen and oxygen atoms in total. The van der Waals surface area contributed by atoms with Crippen LogP contribution in [0.2, 0.25) is 0 Å². The third-order valence-corrected chi connectivity index (χ3v) is 4.20. The van der Waals surface area contributed by atoms with Gasteiger partial charge < -0.3 is 0 Å². The van der Waals surface area contributed by atoms with Gasteiger partial charge in [0.15, 0.2) is 0 Å². The molecule has 5 aromatic rings. The molecule has 0 bridgehead atoms. The summed E-state index contributed by atoms with van der Waals surface area (Å²) < 4.78 is 15.0. The molecule has 0 aliphatic heterocycles. The van der Waals surface area contributed by atoms with Crippen LogP contribution in [-0.4, -0.2) is 9.38 Å². The highest BCUT2D eigenvalue weighted by molar-refractivity contribution is 6.15. The first kappa shape index (κ1) is 11.6. The summed E-state index contributed by atoms with van der Waals surface area (Å²) in [6.45, 7) is 0. The predicted molar refractivity (Wildman–Crippen MR) is 85.1 cm³/mol. The van der Waals surface area contributed by atoms with E-state index in [1.54, 1.807) is 10.5 Å². The molecule has 5 rings (SSSR count). The van der Waals surface area contributed by atoms with Crippen LogP contribution in [0.1, 0.15) is 0 Å². The minimum absolute atomic E-state index is 0.117. The summed E-state index contributed by atoms with van der Waals surface area (Å²) in [7, 11) is 0. The van der Waals surface area contributed by atoms with Gasteiger partial charge in [-0.15, -0.1) is 0 Å². The lowest BCUT2D eigenvalue weighted by Crippen LogP contribution is -2.13. The fraction of sp³-hybridized carbons (Fsp3) is 0. The van der Waals surface area contributed by atoms with Crippen molar-refractivity contribution in [3.8, 4) is 0 Å². The zero-order valence-corrected chi connectivity index (χ0v) is 11.4. The Bertz CT molecular complexity index is 1250. The van der Waals surface area contributed by atoms with Crippen molar-refractivity contribution in [3.05, 3.63) is 70.8 Å². The van der Waals surface area contributed by atoms with Gasteiger partial charge in [0.05, 0.1) is 11.0 Å². The van der Waals surface area contributed by atoms with Crippen LogP contribution in [0.3, 0.4) is 0 Å². The summed E-state index contributed by atoms with van der Waals surface area (Å²) in [6, 6.07) is 15.9. The Balaban J connectivity index is 2.22. The molecule has 0 radical (unpaired) electrons. The van der Waals surface area contributed by atoms with E-state index >= 15 is 0 Å². The van der Waals surface area contributed by atoms with E-state index in [9.17, 15) is 9.18 Å². The van der Waals surface area contributed by atoms with Crippen LogP contribution >= 0.6 is 0 Å². The summed E-state index contributed by atoms with van der Waals surface area (Å²) in [6.07, 6.45) is 0. The summed E-state index contributed by atoms with van der Waals surface area (Å²) in [5.41, 5.74) is 1.59. The first-order chi connectivity index (χ1) is 10.7. The molecule has 0 N–H and O–H groups in total. The molecular weight excluding hydrogens is 279 g/mol. The van der Waals surface area contributed by atoms with Crippen LogP contribution in [0.15, 0.2) is 59.4 Å². The number of aromatic nitrogens is 2. The number of pyridine rings is 1. The van der Waals surface area contributed by atoms with Gasteiger partial charge in [-0.1, -0.05) is 30.3 Å². The molecule has 2 heterocycles. The number of halogens is 1. The molecule has 22 heavy (non-hydrogen) atoms. The molecule has 0 spiro atoms. The quantitative estimate of drug-likeness (QED) is 0.435. The molecular formula is C18H9FN2O. The molecule has 104 valence electrons. The summed E-state index contributed by atoms with van der Waals surface area (Å²) in [4.78, 5) is 17.4.